The molecule has 0 aromatic heterocycles. The number of sulfone groups is 1. The molecule has 23 heavy (non-hydrogen) atoms. The van der Waals surface area contributed by atoms with Crippen LogP contribution >= 0.6 is 11.6 Å². The minimum atomic E-state index is -3.43. The Labute approximate surface area is 141 Å². The summed E-state index contributed by atoms with van der Waals surface area (Å²) in [4.78, 5) is 0.293. The summed E-state index contributed by atoms with van der Waals surface area (Å²) in [6, 6.07) is 13.8. The Bertz CT molecular complexity index is 788. The molecule has 0 bridgehead atoms. The van der Waals surface area contributed by atoms with Crippen LogP contribution in [0.4, 0.5) is 0 Å². The van der Waals surface area contributed by atoms with Gasteiger partial charge in [0.2, 0.25) is 0 Å². The summed E-state index contributed by atoms with van der Waals surface area (Å²) in [5.74, 6) is 0.603. The second kappa shape index (κ2) is 6.15. The van der Waals surface area contributed by atoms with Crippen molar-refractivity contribution in [2.75, 3.05) is 13.7 Å². The Morgan fingerprint density at radius 2 is 1.70 bits per heavy atom. The van der Waals surface area contributed by atoms with E-state index < -0.39 is 15.1 Å². The van der Waals surface area contributed by atoms with Gasteiger partial charge in [-0.05, 0) is 54.4 Å². The van der Waals surface area contributed by atoms with E-state index >= 15 is 0 Å². The summed E-state index contributed by atoms with van der Waals surface area (Å²) in [5.41, 5.74) is 6.77. The molecule has 1 saturated carbocycles. The highest BCUT2D eigenvalue weighted by Gasteiger charge is 2.57. The number of ether oxygens (including phenoxy) is 1. The largest absolute Gasteiger partial charge is 0.497 e. The molecule has 0 spiro atoms. The van der Waals surface area contributed by atoms with Crippen molar-refractivity contribution in [1.29, 1.82) is 0 Å². The van der Waals surface area contributed by atoms with Crippen LogP contribution in [0, 0.1) is 5.92 Å². The average molecular weight is 352 g/mol. The number of methoxy groups -OCH3 is 1. The minimum Gasteiger partial charge on any atom is -0.497 e. The predicted molar refractivity (Wildman–Crippen MR) is 90.7 cm³/mol. The summed E-state index contributed by atoms with van der Waals surface area (Å²) in [7, 11) is -1.83. The third kappa shape index (κ3) is 2.96. The van der Waals surface area contributed by atoms with Gasteiger partial charge in [0.25, 0.3) is 0 Å². The van der Waals surface area contributed by atoms with Crippen molar-refractivity contribution < 1.29 is 13.2 Å². The Hall–Kier alpha value is -1.56. The molecule has 6 heteroatoms. The lowest BCUT2D eigenvalue weighted by molar-refractivity contribution is 0.414. The Kier molecular flexibility index (Phi) is 4.36. The Morgan fingerprint density at radius 1 is 1.09 bits per heavy atom. The monoisotopic (exact) mass is 351 g/mol. The molecular formula is C17H18ClNO3S. The van der Waals surface area contributed by atoms with Crippen molar-refractivity contribution in [3.8, 4) is 5.75 Å². The van der Waals surface area contributed by atoms with E-state index in [0.717, 1.165) is 11.3 Å². The van der Waals surface area contributed by atoms with Crippen molar-refractivity contribution in [2.45, 2.75) is 16.1 Å². The number of rotatable bonds is 5. The molecule has 3 atom stereocenters. The summed E-state index contributed by atoms with van der Waals surface area (Å²) < 4.78 is 30.9. The molecule has 0 saturated heterocycles. The van der Waals surface area contributed by atoms with Crippen LogP contribution in [-0.4, -0.2) is 27.3 Å². The van der Waals surface area contributed by atoms with Gasteiger partial charge in [0.05, 0.1) is 17.3 Å². The van der Waals surface area contributed by atoms with E-state index in [1.54, 1.807) is 31.4 Å². The van der Waals surface area contributed by atoms with Crippen molar-refractivity contribution in [2.24, 2.45) is 11.7 Å². The fraction of sp³-hybridized carbons (Fsp3) is 0.294. The number of nitrogens with two attached hydrogens (primary N) is 1. The highest BCUT2D eigenvalue weighted by atomic mass is 35.5. The maximum atomic E-state index is 12.9. The van der Waals surface area contributed by atoms with E-state index in [9.17, 15) is 8.42 Å². The normalized spacial score (nSPS) is 23.5. The summed E-state index contributed by atoms with van der Waals surface area (Å²) in [5, 5.41) is 0.0314. The standard InChI is InChI=1S/C17H18ClNO3S/c1-22-13-6-2-11(3-7-13)16-15(10-19)17(16)23(20,21)14-8-4-12(18)5-9-14/h2-9,15-17H,10,19H2,1H3/t15-,16-,17-/m0/s1. The van der Waals surface area contributed by atoms with Gasteiger partial charge in [-0.25, -0.2) is 8.42 Å². The van der Waals surface area contributed by atoms with E-state index in [4.69, 9.17) is 22.1 Å². The molecule has 0 amide bonds. The van der Waals surface area contributed by atoms with Crippen LogP contribution in [0.5, 0.6) is 5.75 Å². The maximum Gasteiger partial charge on any atom is 0.182 e. The zero-order valence-electron chi connectivity index (χ0n) is 12.6. The van der Waals surface area contributed by atoms with Gasteiger partial charge in [-0.2, -0.15) is 0 Å². The van der Waals surface area contributed by atoms with Crippen LogP contribution in [-0.2, 0) is 9.84 Å². The van der Waals surface area contributed by atoms with Crippen LogP contribution in [0.25, 0.3) is 0 Å². The van der Waals surface area contributed by atoms with Crippen LogP contribution in [0.3, 0.4) is 0 Å². The summed E-state index contributed by atoms with van der Waals surface area (Å²) in [6.07, 6.45) is 0. The highest BCUT2D eigenvalue weighted by Crippen LogP contribution is 2.53. The van der Waals surface area contributed by atoms with Crippen LogP contribution < -0.4 is 10.5 Å². The quantitative estimate of drug-likeness (QED) is 0.899. The molecular weight excluding hydrogens is 334 g/mol. The number of hydrogen-bond donors (Lipinski definition) is 1. The van der Waals surface area contributed by atoms with Crippen LogP contribution in [0.15, 0.2) is 53.4 Å². The topological polar surface area (TPSA) is 69.4 Å². The van der Waals surface area contributed by atoms with Crippen LogP contribution in [0.1, 0.15) is 11.5 Å². The fourth-order valence-electron chi connectivity index (χ4n) is 3.09. The van der Waals surface area contributed by atoms with Crippen molar-refractivity contribution in [3.05, 3.63) is 59.1 Å². The third-order valence-corrected chi connectivity index (χ3v) is 6.91. The highest BCUT2D eigenvalue weighted by molar-refractivity contribution is 7.92. The lowest BCUT2D eigenvalue weighted by Crippen LogP contribution is -2.13. The molecule has 4 nitrogen and oxygen atoms in total. The van der Waals surface area contributed by atoms with Crippen molar-refractivity contribution >= 4 is 21.4 Å². The van der Waals surface area contributed by atoms with Gasteiger partial charge in [0.1, 0.15) is 5.75 Å². The number of benzene rings is 2. The SMILES string of the molecule is COc1ccc([C@H]2[C@H](CN)[C@@H]2S(=O)(=O)c2ccc(Cl)cc2)cc1. The van der Waals surface area contributed by atoms with Gasteiger partial charge in [-0.1, -0.05) is 23.7 Å². The van der Waals surface area contributed by atoms with Crippen molar-refractivity contribution in [3.63, 3.8) is 0 Å². The molecule has 0 radical (unpaired) electrons. The molecule has 0 heterocycles. The van der Waals surface area contributed by atoms with E-state index in [-0.39, 0.29) is 11.8 Å². The van der Waals surface area contributed by atoms with Gasteiger partial charge in [-0.3, -0.25) is 0 Å². The van der Waals surface area contributed by atoms with E-state index in [1.165, 1.54) is 0 Å². The molecule has 2 aromatic carbocycles. The Morgan fingerprint density at radius 3 is 2.22 bits per heavy atom. The van der Waals surface area contributed by atoms with Gasteiger partial charge < -0.3 is 10.5 Å². The first-order chi connectivity index (χ1) is 11.0. The second-order valence-corrected chi connectivity index (χ2v) is 8.20. The first kappa shape index (κ1) is 16.3. The molecule has 1 fully saturated rings. The molecule has 0 aliphatic heterocycles. The fourth-order valence-corrected chi connectivity index (χ4v) is 5.44. The lowest BCUT2D eigenvalue weighted by atomic mass is 10.1. The Balaban J connectivity index is 1.90. The molecule has 2 N–H and O–H groups in total. The summed E-state index contributed by atoms with van der Waals surface area (Å²) in [6.45, 7) is 0.341. The molecule has 1 aliphatic carbocycles. The van der Waals surface area contributed by atoms with E-state index in [0.29, 0.717) is 16.5 Å². The molecule has 2 aromatic rings. The smallest absolute Gasteiger partial charge is 0.182 e. The molecule has 122 valence electrons. The lowest BCUT2D eigenvalue weighted by Gasteiger charge is -2.05. The zero-order valence-corrected chi connectivity index (χ0v) is 14.2. The van der Waals surface area contributed by atoms with E-state index in [2.05, 4.69) is 0 Å². The number of halogens is 1. The van der Waals surface area contributed by atoms with Crippen molar-refractivity contribution in [1.82, 2.24) is 0 Å². The van der Waals surface area contributed by atoms with Gasteiger partial charge in [0.15, 0.2) is 9.84 Å². The van der Waals surface area contributed by atoms with Gasteiger partial charge >= 0.3 is 0 Å². The average Bonchev–Trinajstić information content (AvgIpc) is 3.31. The van der Waals surface area contributed by atoms with E-state index in [1.807, 2.05) is 24.3 Å². The molecule has 1 aliphatic rings. The minimum absolute atomic E-state index is 0.0657. The number of hydrogen-bond acceptors (Lipinski definition) is 4. The maximum absolute atomic E-state index is 12.9. The zero-order chi connectivity index (χ0) is 16.6. The molecule has 0 unspecified atom stereocenters. The first-order valence-corrected chi connectivity index (χ1v) is 9.25. The second-order valence-electron chi connectivity index (χ2n) is 5.66. The third-order valence-electron chi connectivity index (χ3n) is 4.37. The van der Waals surface area contributed by atoms with Crippen LogP contribution in [0.2, 0.25) is 5.02 Å². The van der Waals surface area contributed by atoms with Gasteiger partial charge in [0, 0.05) is 10.9 Å². The molecule has 3 rings (SSSR count). The summed E-state index contributed by atoms with van der Waals surface area (Å²) >= 11 is 5.84. The first-order valence-electron chi connectivity index (χ1n) is 7.32. The van der Waals surface area contributed by atoms with Gasteiger partial charge in [-0.15, -0.1) is 0 Å². The predicted octanol–water partition coefficient (Wildman–Crippen LogP) is 2.86.